The van der Waals surface area contributed by atoms with E-state index in [1.807, 2.05) is 24.3 Å². The van der Waals surface area contributed by atoms with Crippen molar-refractivity contribution in [3.05, 3.63) is 65.9 Å². The molecule has 2 nitrogen and oxygen atoms in total. The standard InChI is InChI=1S/C15H10O2S/c16-15(10-5-7-12(18)8-6-10)14-9-11-3-1-2-4-13(11)17-14/h1-9,18H. The van der Waals surface area contributed by atoms with Crippen LogP contribution >= 0.6 is 12.6 Å². The number of furan rings is 1. The van der Waals surface area contributed by atoms with Crippen molar-refractivity contribution in [2.45, 2.75) is 4.90 Å². The maximum absolute atomic E-state index is 12.2. The summed E-state index contributed by atoms with van der Waals surface area (Å²) < 4.78 is 5.55. The van der Waals surface area contributed by atoms with Gasteiger partial charge in [-0.25, -0.2) is 0 Å². The quantitative estimate of drug-likeness (QED) is 0.554. The van der Waals surface area contributed by atoms with Crippen molar-refractivity contribution in [1.29, 1.82) is 0 Å². The summed E-state index contributed by atoms with van der Waals surface area (Å²) in [4.78, 5) is 13.0. The van der Waals surface area contributed by atoms with Gasteiger partial charge >= 0.3 is 0 Å². The molecule has 0 aliphatic heterocycles. The summed E-state index contributed by atoms with van der Waals surface area (Å²) in [5.41, 5.74) is 1.33. The third-order valence-electron chi connectivity index (χ3n) is 2.78. The number of hydrogen-bond donors (Lipinski definition) is 1. The minimum atomic E-state index is -0.112. The summed E-state index contributed by atoms with van der Waals surface area (Å²) in [6, 6.07) is 16.4. The molecule has 3 aromatic rings. The lowest BCUT2D eigenvalue weighted by Crippen LogP contribution is -1.98. The molecule has 3 heteroatoms. The van der Waals surface area contributed by atoms with Gasteiger partial charge in [-0.3, -0.25) is 4.79 Å². The lowest BCUT2D eigenvalue weighted by molar-refractivity contribution is 0.101. The molecule has 18 heavy (non-hydrogen) atoms. The lowest BCUT2D eigenvalue weighted by Gasteiger charge is -1.97. The third-order valence-corrected chi connectivity index (χ3v) is 3.08. The Morgan fingerprint density at radius 1 is 1.00 bits per heavy atom. The summed E-state index contributed by atoms with van der Waals surface area (Å²) in [7, 11) is 0. The molecule has 0 saturated carbocycles. The Morgan fingerprint density at radius 3 is 2.44 bits per heavy atom. The molecule has 1 aromatic heterocycles. The van der Waals surface area contributed by atoms with Gasteiger partial charge in [-0.2, -0.15) is 0 Å². The maximum atomic E-state index is 12.2. The van der Waals surface area contributed by atoms with E-state index in [0.29, 0.717) is 11.3 Å². The van der Waals surface area contributed by atoms with Crippen LogP contribution in [0, 0.1) is 0 Å². The first-order valence-electron chi connectivity index (χ1n) is 5.56. The number of carbonyl (C=O) groups is 1. The van der Waals surface area contributed by atoms with Crippen molar-refractivity contribution in [1.82, 2.24) is 0 Å². The first-order chi connectivity index (χ1) is 8.74. The molecule has 0 aliphatic rings. The number of para-hydroxylation sites is 1. The van der Waals surface area contributed by atoms with Crippen LogP contribution in [-0.2, 0) is 0 Å². The topological polar surface area (TPSA) is 30.2 Å². The fraction of sp³-hybridized carbons (Fsp3) is 0. The van der Waals surface area contributed by atoms with E-state index in [-0.39, 0.29) is 5.78 Å². The van der Waals surface area contributed by atoms with Gasteiger partial charge in [0.05, 0.1) is 0 Å². The van der Waals surface area contributed by atoms with Gasteiger partial charge in [-0.05, 0) is 36.4 Å². The van der Waals surface area contributed by atoms with Crippen LogP contribution in [0.15, 0.2) is 63.9 Å². The number of carbonyl (C=O) groups excluding carboxylic acids is 1. The van der Waals surface area contributed by atoms with Crippen molar-refractivity contribution in [3.8, 4) is 0 Å². The van der Waals surface area contributed by atoms with Gasteiger partial charge in [-0.1, -0.05) is 18.2 Å². The van der Waals surface area contributed by atoms with E-state index in [1.165, 1.54) is 0 Å². The van der Waals surface area contributed by atoms with Crippen LogP contribution in [0.3, 0.4) is 0 Å². The normalized spacial score (nSPS) is 10.7. The van der Waals surface area contributed by atoms with E-state index in [1.54, 1.807) is 30.3 Å². The highest BCUT2D eigenvalue weighted by Crippen LogP contribution is 2.21. The summed E-state index contributed by atoms with van der Waals surface area (Å²) in [5, 5.41) is 0.937. The summed E-state index contributed by atoms with van der Waals surface area (Å²) in [6.45, 7) is 0. The largest absolute Gasteiger partial charge is 0.453 e. The van der Waals surface area contributed by atoms with Crippen LogP contribution in [0.25, 0.3) is 11.0 Å². The van der Waals surface area contributed by atoms with Crippen LogP contribution in [0.4, 0.5) is 0 Å². The molecule has 0 spiro atoms. The average Bonchev–Trinajstić information content (AvgIpc) is 2.82. The van der Waals surface area contributed by atoms with Gasteiger partial charge in [0.2, 0.25) is 5.78 Å². The molecule has 88 valence electrons. The third kappa shape index (κ3) is 1.93. The molecule has 0 amide bonds. The van der Waals surface area contributed by atoms with Crippen LogP contribution in [0.5, 0.6) is 0 Å². The molecule has 0 aliphatic carbocycles. The molecular weight excluding hydrogens is 244 g/mol. The zero-order valence-electron chi connectivity index (χ0n) is 9.46. The number of rotatable bonds is 2. The Bertz CT molecular complexity index is 678. The van der Waals surface area contributed by atoms with E-state index in [2.05, 4.69) is 12.6 Å². The van der Waals surface area contributed by atoms with E-state index in [0.717, 1.165) is 15.9 Å². The highest BCUT2D eigenvalue weighted by atomic mass is 32.1. The summed E-state index contributed by atoms with van der Waals surface area (Å²) in [5.74, 6) is 0.252. The van der Waals surface area contributed by atoms with Crippen molar-refractivity contribution in [3.63, 3.8) is 0 Å². The fourth-order valence-corrected chi connectivity index (χ4v) is 2.00. The van der Waals surface area contributed by atoms with Gasteiger partial charge in [0.25, 0.3) is 0 Å². The van der Waals surface area contributed by atoms with Crippen molar-refractivity contribution in [2.75, 3.05) is 0 Å². The second-order valence-electron chi connectivity index (χ2n) is 4.02. The maximum Gasteiger partial charge on any atom is 0.228 e. The lowest BCUT2D eigenvalue weighted by atomic mass is 10.1. The van der Waals surface area contributed by atoms with Crippen LogP contribution in [0.2, 0.25) is 0 Å². The predicted octanol–water partition coefficient (Wildman–Crippen LogP) is 3.95. The molecule has 0 radical (unpaired) electrons. The number of ketones is 1. The molecule has 1 heterocycles. The highest BCUT2D eigenvalue weighted by Gasteiger charge is 2.13. The Morgan fingerprint density at radius 2 is 1.72 bits per heavy atom. The number of benzene rings is 2. The Balaban J connectivity index is 2.03. The van der Waals surface area contributed by atoms with E-state index in [9.17, 15) is 4.79 Å². The smallest absolute Gasteiger partial charge is 0.228 e. The minimum absolute atomic E-state index is 0.112. The average molecular weight is 254 g/mol. The second kappa shape index (κ2) is 4.35. The molecule has 0 N–H and O–H groups in total. The molecule has 0 saturated heterocycles. The molecule has 2 aromatic carbocycles. The Kier molecular flexibility index (Phi) is 2.68. The van der Waals surface area contributed by atoms with Crippen molar-refractivity contribution >= 4 is 29.4 Å². The van der Waals surface area contributed by atoms with E-state index in [4.69, 9.17) is 4.42 Å². The van der Waals surface area contributed by atoms with Crippen molar-refractivity contribution < 1.29 is 9.21 Å². The summed E-state index contributed by atoms with van der Waals surface area (Å²) in [6.07, 6.45) is 0. The number of fused-ring (bicyclic) bond motifs is 1. The molecule has 0 fully saturated rings. The fourth-order valence-electron chi connectivity index (χ4n) is 1.85. The number of hydrogen-bond acceptors (Lipinski definition) is 3. The van der Waals surface area contributed by atoms with E-state index >= 15 is 0 Å². The Hall–Kier alpha value is -2.00. The first-order valence-corrected chi connectivity index (χ1v) is 6.01. The molecule has 0 unspecified atom stereocenters. The predicted molar refractivity (Wildman–Crippen MR) is 73.3 cm³/mol. The molecule has 3 rings (SSSR count). The van der Waals surface area contributed by atoms with Gasteiger partial charge in [0.1, 0.15) is 5.58 Å². The molecule has 0 bridgehead atoms. The van der Waals surface area contributed by atoms with Crippen LogP contribution < -0.4 is 0 Å². The molecule has 0 atom stereocenters. The summed E-state index contributed by atoms with van der Waals surface area (Å²) >= 11 is 4.19. The van der Waals surface area contributed by atoms with Gasteiger partial charge in [0, 0.05) is 15.8 Å². The van der Waals surface area contributed by atoms with Crippen LogP contribution in [0.1, 0.15) is 16.1 Å². The monoisotopic (exact) mass is 254 g/mol. The minimum Gasteiger partial charge on any atom is -0.453 e. The van der Waals surface area contributed by atoms with Gasteiger partial charge < -0.3 is 4.42 Å². The zero-order chi connectivity index (χ0) is 12.5. The van der Waals surface area contributed by atoms with Gasteiger partial charge in [0.15, 0.2) is 5.76 Å². The van der Waals surface area contributed by atoms with Gasteiger partial charge in [-0.15, -0.1) is 12.6 Å². The Labute approximate surface area is 110 Å². The zero-order valence-corrected chi connectivity index (χ0v) is 10.4. The van der Waals surface area contributed by atoms with Crippen molar-refractivity contribution in [2.24, 2.45) is 0 Å². The molecular formula is C15H10O2S. The number of thiol groups is 1. The SMILES string of the molecule is O=C(c1ccc(S)cc1)c1cc2ccccc2o1. The highest BCUT2D eigenvalue weighted by molar-refractivity contribution is 7.80. The van der Waals surface area contributed by atoms with Crippen LogP contribution in [-0.4, -0.2) is 5.78 Å². The first kappa shape index (κ1) is 11.1. The van der Waals surface area contributed by atoms with E-state index < -0.39 is 0 Å². The second-order valence-corrected chi connectivity index (χ2v) is 4.54.